The first-order valence-electron chi connectivity index (χ1n) is 6.47. The second kappa shape index (κ2) is 7.59. The van der Waals surface area contributed by atoms with E-state index < -0.39 is 0 Å². The summed E-state index contributed by atoms with van der Waals surface area (Å²) < 4.78 is 7.80. The number of thiophene rings is 1. The number of ether oxygens (including phenoxy) is 1. The monoisotopic (exact) mass is 417 g/mol. The lowest BCUT2D eigenvalue weighted by Crippen LogP contribution is -2.21. The van der Waals surface area contributed by atoms with Gasteiger partial charge >= 0.3 is 0 Å². The highest BCUT2D eigenvalue weighted by Gasteiger charge is 2.11. The SMILES string of the molecule is CCC(N)Cc1cc(Br)c(OCc2ccsc2)c(Br)c1. The number of benzene rings is 1. The van der Waals surface area contributed by atoms with Gasteiger partial charge in [-0.1, -0.05) is 6.92 Å². The predicted octanol–water partition coefficient (Wildman–Crippen LogP) is 5.13. The Labute approximate surface area is 140 Å². The summed E-state index contributed by atoms with van der Waals surface area (Å²) in [5.41, 5.74) is 8.40. The van der Waals surface area contributed by atoms with Gasteiger partial charge in [0.05, 0.1) is 8.95 Å². The van der Waals surface area contributed by atoms with Crippen LogP contribution >= 0.6 is 43.2 Å². The minimum atomic E-state index is 0.200. The average Bonchev–Trinajstić information content (AvgIpc) is 2.90. The molecule has 1 aromatic heterocycles. The molecule has 0 saturated heterocycles. The van der Waals surface area contributed by atoms with Crippen LogP contribution in [0.25, 0.3) is 0 Å². The van der Waals surface area contributed by atoms with Crippen LogP contribution in [-0.2, 0) is 13.0 Å². The van der Waals surface area contributed by atoms with Crippen LogP contribution in [-0.4, -0.2) is 6.04 Å². The van der Waals surface area contributed by atoms with Crippen molar-refractivity contribution in [2.45, 2.75) is 32.4 Å². The maximum atomic E-state index is 6.01. The second-order valence-electron chi connectivity index (χ2n) is 4.68. The molecule has 1 aromatic carbocycles. The largest absolute Gasteiger partial charge is 0.487 e. The summed E-state index contributed by atoms with van der Waals surface area (Å²) in [4.78, 5) is 0. The summed E-state index contributed by atoms with van der Waals surface area (Å²) in [5.74, 6) is 0.838. The van der Waals surface area contributed by atoms with Gasteiger partial charge in [0, 0.05) is 6.04 Å². The van der Waals surface area contributed by atoms with Crippen molar-refractivity contribution in [3.05, 3.63) is 49.0 Å². The maximum absolute atomic E-state index is 6.01. The van der Waals surface area contributed by atoms with Gasteiger partial charge in [-0.15, -0.1) is 0 Å². The lowest BCUT2D eigenvalue weighted by Gasteiger charge is -2.14. The number of hydrogen-bond acceptors (Lipinski definition) is 3. The normalized spacial score (nSPS) is 12.4. The van der Waals surface area contributed by atoms with Gasteiger partial charge in [-0.05, 0) is 84.8 Å². The number of nitrogens with two attached hydrogens (primary N) is 1. The van der Waals surface area contributed by atoms with Crippen molar-refractivity contribution in [2.75, 3.05) is 0 Å². The van der Waals surface area contributed by atoms with E-state index in [1.165, 1.54) is 11.1 Å². The molecule has 2 N–H and O–H groups in total. The highest BCUT2D eigenvalue weighted by Crippen LogP contribution is 2.35. The maximum Gasteiger partial charge on any atom is 0.148 e. The molecule has 0 radical (unpaired) electrons. The molecule has 5 heteroatoms. The number of hydrogen-bond donors (Lipinski definition) is 1. The molecule has 1 atom stereocenters. The Kier molecular flexibility index (Phi) is 6.08. The highest BCUT2D eigenvalue weighted by atomic mass is 79.9. The fraction of sp³-hybridized carbons (Fsp3) is 0.333. The van der Waals surface area contributed by atoms with E-state index in [4.69, 9.17) is 10.5 Å². The summed E-state index contributed by atoms with van der Waals surface area (Å²) in [6.45, 7) is 2.68. The lowest BCUT2D eigenvalue weighted by molar-refractivity contribution is 0.302. The molecule has 0 aliphatic carbocycles. The zero-order valence-corrected chi connectivity index (χ0v) is 15.2. The van der Waals surface area contributed by atoms with E-state index in [1.54, 1.807) is 11.3 Å². The van der Waals surface area contributed by atoms with Crippen molar-refractivity contribution in [3.63, 3.8) is 0 Å². The summed E-state index contributed by atoms with van der Waals surface area (Å²) in [7, 11) is 0. The van der Waals surface area contributed by atoms with Gasteiger partial charge in [0.25, 0.3) is 0 Å². The van der Waals surface area contributed by atoms with Crippen LogP contribution in [0.3, 0.4) is 0 Å². The van der Waals surface area contributed by atoms with E-state index in [0.29, 0.717) is 6.61 Å². The van der Waals surface area contributed by atoms with Crippen molar-refractivity contribution in [3.8, 4) is 5.75 Å². The summed E-state index contributed by atoms with van der Waals surface area (Å²) in [6, 6.07) is 6.44. The fourth-order valence-electron chi connectivity index (χ4n) is 1.85. The van der Waals surface area contributed by atoms with Crippen molar-refractivity contribution in [2.24, 2.45) is 5.73 Å². The first-order valence-corrected chi connectivity index (χ1v) is 9.00. The van der Waals surface area contributed by atoms with Crippen molar-refractivity contribution < 1.29 is 4.74 Å². The van der Waals surface area contributed by atoms with Crippen molar-refractivity contribution in [1.29, 1.82) is 0 Å². The second-order valence-corrected chi connectivity index (χ2v) is 7.17. The van der Waals surface area contributed by atoms with E-state index >= 15 is 0 Å². The Bertz CT molecular complexity index is 534. The highest BCUT2D eigenvalue weighted by molar-refractivity contribution is 9.11. The number of rotatable bonds is 6. The molecule has 0 bridgehead atoms. The van der Waals surface area contributed by atoms with Gasteiger partial charge in [-0.3, -0.25) is 0 Å². The molecule has 0 fully saturated rings. The summed E-state index contributed by atoms with van der Waals surface area (Å²) >= 11 is 8.84. The van der Waals surface area contributed by atoms with Crippen LogP contribution in [0.2, 0.25) is 0 Å². The molecule has 0 amide bonds. The third-order valence-electron chi connectivity index (χ3n) is 3.04. The third-order valence-corrected chi connectivity index (χ3v) is 4.95. The van der Waals surface area contributed by atoms with Gasteiger partial charge in [0.2, 0.25) is 0 Å². The summed E-state index contributed by atoms with van der Waals surface area (Å²) in [6.07, 6.45) is 1.85. The standard InChI is InChI=1S/C15H17Br2NOS/c1-2-12(18)5-11-6-13(16)15(14(17)7-11)19-8-10-3-4-20-9-10/h3-4,6-7,9,12H,2,5,8,18H2,1H3. The Morgan fingerprint density at radius 2 is 1.95 bits per heavy atom. The molecule has 2 aromatic rings. The Balaban J connectivity index is 2.10. The van der Waals surface area contributed by atoms with Crippen LogP contribution in [0.15, 0.2) is 37.9 Å². The first kappa shape index (κ1) is 16.0. The van der Waals surface area contributed by atoms with Crippen LogP contribution in [0.1, 0.15) is 24.5 Å². The molecule has 1 unspecified atom stereocenters. The van der Waals surface area contributed by atoms with Crippen LogP contribution < -0.4 is 10.5 Å². The fourth-order valence-corrected chi connectivity index (χ4v) is 4.01. The molecule has 2 nitrogen and oxygen atoms in total. The molecule has 1 heterocycles. The van der Waals surface area contributed by atoms with Crippen LogP contribution in [0.5, 0.6) is 5.75 Å². The Morgan fingerprint density at radius 1 is 1.25 bits per heavy atom. The lowest BCUT2D eigenvalue weighted by atomic mass is 10.0. The zero-order valence-electron chi connectivity index (χ0n) is 11.2. The molecule has 2 rings (SSSR count). The molecule has 0 spiro atoms. The quantitative estimate of drug-likeness (QED) is 0.705. The van der Waals surface area contributed by atoms with Gasteiger partial charge < -0.3 is 10.5 Å². The van der Waals surface area contributed by atoms with E-state index in [2.05, 4.69) is 67.7 Å². The first-order chi connectivity index (χ1) is 9.60. The zero-order chi connectivity index (χ0) is 14.5. The topological polar surface area (TPSA) is 35.2 Å². The number of halogens is 2. The van der Waals surface area contributed by atoms with Gasteiger partial charge in [-0.2, -0.15) is 11.3 Å². The van der Waals surface area contributed by atoms with Crippen LogP contribution in [0, 0.1) is 0 Å². The summed E-state index contributed by atoms with van der Waals surface area (Å²) in [5, 5.41) is 4.15. The minimum Gasteiger partial charge on any atom is -0.487 e. The molecular formula is C15H17Br2NOS. The van der Waals surface area contributed by atoms with Gasteiger partial charge in [0.1, 0.15) is 12.4 Å². The molecular weight excluding hydrogens is 402 g/mol. The molecule has 0 saturated carbocycles. The van der Waals surface area contributed by atoms with E-state index in [1.807, 2.05) is 0 Å². The van der Waals surface area contributed by atoms with Crippen LogP contribution in [0.4, 0.5) is 0 Å². The Morgan fingerprint density at radius 3 is 2.50 bits per heavy atom. The van der Waals surface area contributed by atoms with Crippen molar-refractivity contribution >= 4 is 43.2 Å². The van der Waals surface area contributed by atoms with Crippen molar-refractivity contribution in [1.82, 2.24) is 0 Å². The molecule has 20 heavy (non-hydrogen) atoms. The molecule has 0 aliphatic rings. The molecule has 108 valence electrons. The molecule has 0 aliphatic heterocycles. The Hall–Kier alpha value is -0.360. The smallest absolute Gasteiger partial charge is 0.148 e. The van der Waals surface area contributed by atoms with Gasteiger partial charge in [-0.25, -0.2) is 0 Å². The van der Waals surface area contributed by atoms with Gasteiger partial charge in [0.15, 0.2) is 0 Å². The van der Waals surface area contributed by atoms with E-state index in [0.717, 1.165) is 27.5 Å². The van der Waals surface area contributed by atoms with E-state index in [-0.39, 0.29) is 6.04 Å². The minimum absolute atomic E-state index is 0.200. The van der Waals surface area contributed by atoms with E-state index in [9.17, 15) is 0 Å². The average molecular weight is 419 g/mol. The third kappa shape index (κ3) is 4.32. The predicted molar refractivity (Wildman–Crippen MR) is 92.5 cm³/mol.